The van der Waals surface area contributed by atoms with Gasteiger partial charge in [-0.05, 0) is 19.1 Å². The minimum atomic E-state index is -4.57. The number of methoxy groups -OCH3 is 2. The summed E-state index contributed by atoms with van der Waals surface area (Å²) in [7, 11) is -1.85. The van der Waals surface area contributed by atoms with Gasteiger partial charge in [0, 0.05) is 18.3 Å². The van der Waals surface area contributed by atoms with E-state index in [9.17, 15) is 18.0 Å². The van der Waals surface area contributed by atoms with Crippen LogP contribution in [0.1, 0.15) is 33.5 Å². The average Bonchev–Trinajstić information content (AvgIpc) is 3.20. The molecule has 0 atom stereocenters. The Morgan fingerprint density at radius 2 is 1.94 bits per heavy atom. The molecule has 180 valence electrons. The number of sulfonamides is 1. The SMILES string of the molecule is CCOC(=O)c1c(S(=O)(=O)Nc2cc(OC)cc(OC)n2)nn(Cc2ccccn2)c1C(N)=O. The van der Waals surface area contributed by atoms with Crippen LogP contribution < -0.4 is 19.9 Å². The largest absolute Gasteiger partial charge is 0.496 e. The molecular formula is C20H22N6O7S. The molecule has 0 aliphatic rings. The van der Waals surface area contributed by atoms with Gasteiger partial charge in [-0.2, -0.15) is 18.5 Å². The monoisotopic (exact) mass is 490 g/mol. The van der Waals surface area contributed by atoms with E-state index in [1.54, 1.807) is 18.2 Å². The molecule has 3 N–H and O–H groups in total. The summed E-state index contributed by atoms with van der Waals surface area (Å²) in [5.41, 5.74) is 4.90. The number of primary amides is 1. The molecule has 0 aliphatic carbocycles. The number of amides is 1. The minimum Gasteiger partial charge on any atom is -0.496 e. The third-order valence-corrected chi connectivity index (χ3v) is 5.66. The van der Waals surface area contributed by atoms with Crippen LogP contribution in [0.15, 0.2) is 41.6 Å². The van der Waals surface area contributed by atoms with E-state index in [-0.39, 0.29) is 30.6 Å². The zero-order valence-electron chi connectivity index (χ0n) is 18.5. The summed E-state index contributed by atoms with van der Waals surface area (Å²) in [6, 6.07) is 7.75. The highest BCUT2D eigenvalue weighted by atomic mass is 32.2. The number of carbonyl (C=O) groups excluding carboxylic acids is 2. The molecule has 0 fully saturated rings. The molecule has 34 heavy (non-hydrogen) atoms. The van der Waals surface area contributed by atoms with Crippen molar-refractivity contribution in [2.75, 3.05) is 25.5 Å². The Labute approximate surface area is 194 Å². The van der Waals surface area contributed by atoms with E-state index in [0.717, 1.165) is 4.68 Å². The number of carbonyl (C=O) groups is 2. The summed E-state index contributed by atoms with van der Waals surface area (Å²) in [5.74, 6) is -2.00. The smallest absolute Gasteiger partial charge is 0.343 e. The fraction of sp³-hybridized carbons (Fsp3) is 0.250. The van der Waals surface area contributed by atoms with Crippen LogP contribution in [0.2, 0.25) is 0 Å². The maximum atomic E-state index is 13.3. The van der Waals surface area contributed by atoms with Crippen LogP contribution in [0.3, 0.4) is 0 Å². The minimum absolute atomic E-state index is 0.0705. The number of anilines is 1. The Balaban J connectivity index is 2.16. The molecule has 0 radical (unpaired) electrons. The lowest BCUT2D eigenvalue weighted by Gasteiger charge is -2.10. The summed E-state index contributed by atoms with van der Waals surface area (Å²) in [4.78, 5) is 33.1. The second-order valence-electron chi connectivity index (χ2n) is 6.63. The molecule has 0 aromatic carbocycles. The van der Waals surface area contributed by atoms with Gasteiger partial charge in [0.1, 0.15) is 22.8 Å². The van der Waals surface area contributed by atoms with E-state index in [0.29, 0.717) is 5.69 Å². The molecule has 0 saturated carbocycles. The van der Waals surface area contributed by atoms with Crippen LogP contribution in [0.4, 0.5) is 5.82 Å². The number of ether oxygens (including phenoxy) is 3. The fourth-order valence-electron chi connectivity index (χ4n) is 2.97. The van der Waals surface area contributed by atoms with Crippen molar-refractivity contribution in [3.05, 3.63) is 53.5 Å². The van der Waals surface area contributed by atoms with Crippen molar-refractivity contribution in [2.24, 2.45) is 5.73 Å². The summed E-state index contributed by atoms with van der Waals surface area (Å²) in [6.45, 7) is 1.31. The van der Waals surface area contributed by atoms with Gasteiger partial charge >= 0.3 is 5.97 Å². The van der Waals surface area contributed by atoms with E-state index in [1.807, 2.05) is 0 Å². The second-order valence-corrected chi connectivity index (χ2v) is 8.23. The standard InChI is InChI=1S/C20H22N6O7S/c1-4-33-20(28)16-17(18(21)27)26(11-12-7-5-6-8-22-12)24-19(16)34(29,30)25-14-9-13(31-2)10-15(23-14)32-3/h5-10H,4,11H2,1-3H3,(H2,21,27)(H,23,25). The summed E-state index contributed by atoms with van der Waals surface area (Å²) >= 11 is 0. The van der Waals surface area contributed by atoms with E-state index in [1.165, 1.54) is 39.5 Å². The Kier molecular flexibility index (Phi) is 7.31. The molecule has 13 nitrogen and oxygen atoms in total. The van der Waals surface area contributed by atoms with E-state index < -0.39 is 38.2 Å². The van der Waals surface area contributed by atoms with Gasteiger partial charge in [-0.1, -0.05) is 6.07 Å². The first kappa shape index (κ1) is 24.4. The molecule has 0 aliphatic heterocycles. The molecule has 3 heterocycles. The third-order valence-electron chi connectivity index (χ3n) is 4.38. The topological polar surface area (TPSA) is 178 Å². The van der Waals surface area contributed by atoms with Crippen molar-refractivity contribution in [1.29, 1.82) is 0 Å². The van der Waals surface area contributed by atoms with E-state index in [2.05, 4.69) is 19.8 Å². The van der Waals surface area contributed by atoms with Crippen molar-refractivity contribution < 1.29 is 32.2 Å². The van der Waals surface area contributed by atoms with Gasteiger partial charge in [0.25, 0.3) is 15.9 Å². The maximum Gasteiger partial charge on any atom is 0.343 e. The molecule has 1 amide bonds. The molecule has 3 aromatic heterocycles. The Hall–Kier alpha value is -4.20. The maximum absolute atomic E-state index is 13.3. The summed E-state index contributed by atoms with van der Waals surface area (Å²) in [6.07, 6.45) is 1.51. The number of aromatic nitrogens is 4. The predicted molar refractivity (Wildman–Crippen MR) is 118 cm³/mol. The lowest BCUT2D eigenvalue weighted by Crippen LogP contribution is -2.23. The Morgan fingerprint density at radius 3 is 2.53 bits per heavy atom. The summed E-state index contributed by atoms with van der Waals surface area (Å²) < 4.78 is 44.9. The summed E-state index contributed by atoms with van der Waals surface area (Å²) in [5, 5.41) is 3.25. The van der Waals surface area contributed by atoms with Crippen LogP contribution in [0.5, 0.6) is 11.6 Å². The van der Waals surface area contributed by atoms with E-state index in [4.69, 9.17) is 19.9 Å². The van der Waals surface area contributed by atoms with Gasteiger partial charge in [-0.3, -0.25) is 19.2 Å². The van der Waals surface area contributed by atoms with Gasteiger partial charge in [0.2, 0.25) is 10.9 Å². The van der Waals surface area contributed by atoms with Crippen LogP contribution >= 0.6 is 0 Å². The normalized spacial score (nSPS) is 11.0. The highest BCUT2D eigenvalue weighted by Crippen LogP contribution is 2.26. The van der Waals surface area contributed by atoms with Gasteiger partial charge in [-0.15, -0.1) is 0 Å². The molecular weight excluding hydrogens is 468 g/mol. The van der Waals surface area contributed by atoms with Crippen LogP contribution in [0, 0.1) is 0 Å². The highest BCUT2D eigenvalue weighted by Gasteiger charge is 2.35. The van der Waals surface area contributed by atoms with Gasteiger partial charge in [-0.25, -0.2) is 4.79 Å². The van der Waals surface area contributed by atoms with Gasteiger partial charge < -0.3 is 19.9 Å². The first-order valence-electron chi connectivity index (χ1n) is 9.80. The number of esters is 1. The van der Waals surface area contributed by atoms with Crippen molar-refractivity contribution in [3.8, 4) is 11.6 Å². The number of nitrogens with zero attached hydrogens (tertiary/aromatic N) is 4. The fourth-order valence-corrected chi connectivity index (χ4v) is 4.10. The van der Waals surface area contributed by atoms with Gasteiger partial charge in [0.15, 0.2) is 0 Å². The number of hydrogen-bond donors (Lipinski definition) is 2. The first-order chi connectivity index (χ1) is 16.2. The van der Waals surface area contributed by atoms with Gasteiger partial charge in [0.05, 0.1) is 33.1 Å². The quantitative estimate of drug-likeness (QED) is 0.386. The molecule has 3 rings (SSSR count). The number of hydrogen-bond acceptors (Lipinski definition) is 10. The van der Waals surface area contributed by atoms with Crippen molar-refractivity contribution in [3.63, 3.8) is 0 Å². The molecule has 14 heteroatoms. The van der Waals surface area contributed by atoms with E-state index >= 15 is 0 Å². The molecule has 0 spiro atoms. The number of pyridine rings is 2. The third kappa shape index (κ3) is 5.23. The molecule has 0 saturated heterocycles. The predicted octanol–water partition coefficient (Wildman–Crippen LogP) is 0.815. The average molecular weight is 490 g/mol. The van der Waals surface area contributed by atoms with Crippen LogP contribution in [-0.2, 0) is 21.3 Å². The second kappa shape index (κ2) is 10.2. The number of rotatable bonds is 10. The highest BCUT2D eigenvalue weighted by molar-refractivity contribution is 7.92. The Bertz CT molecular complexity index is 1290. The van der Waals surface area contributed by atoms with Crippen molar-refractivity contribution in [2.45, 2.75) is 18.5 Å². The van der Waals surface area contributed by atoms with Crippen molar-refractivity contribution in [1.82, 2.24) is 19.7 Å². The van der Waals surface area contributed by atoms with Crippen molar-refractivity contribution >= 4 is 27.7 Å². The number of nitrogens with one attached hydrogen (secondary N) is 1. The van der Waals surface area contributed by atoms with Crippen LogP contribution in [0.25, 0.3) is 0 Å². The number of nitrogens with two attached hydrogens (primary N) is 1. The Morgan fingerprint density at radius 1 is 1.18 bits per heavy atom. The first-order valence-corrected chi connectivity index (χ1v) is 11.3. The molecule has 0 unspecified atom stereocenters. The zero-order chi connectivity index (χ0) is 24.9. The zero-order valence-corrected chi connectivity index (χ0v) is 19.3. The lowest BCUT2D eigenvalue weighted by molar-refractivity contribution is 0.0518. The molecule has 0 bridgehead atoms. The lowest BCUT2D eigenvalue weighted by atomic mass is 10.2. The molecule has 3 aromatic rings. The van der Waals surface area contributed by atoms with Crippen LogP contribution in [-0.4, -0.2) is 60.9 Å².